The van der Waals surface area contributed by atoms with Crippen LogP contribution in [0, 0.1) is 13.8 Å². The van der Waals surface area contributed by atoms with Gasteiger partial charge >= 0.3 is 0 Å². The molecule has 0 fully saturated rings. The molecule has 0 aromatic heterocycles. The van der Waals surface area contributed by atoms with Crippen molar-refractivity contribution in [1.82, 2.24) is 0 Å². The maximum absolute atomic E-state index is 5.47. The van der Waals surface area contributed by atoms with E-state index in [-0.39, 0.29) is 0 Å². The summed E-state index contributed by atoms with van der Waals surface area (Å²) in [5.41, 5.74) is 2.50. The van der Waals surface area contributed by atoms with Crippen molar-refractivity contribution in [3.63, 3.8) is 0 Å². The van der Waals surface area contributed by atoms with Crippen LogP contribution in [0.1, 0.15) is 11.1 Å². The van der Waals surface area contributed by atoms with E-state index in [9.17, 15) is 0 Å². The normalized spacial score (nSPS) is 10.2. The van der Waals surface area contributed by atoms with Crippen LogP contribution in [0.4, 0.5) is 0 Å². The van der Waals surface area contributed by atoms with E-state index in [4.69, 9.17) is 5.84 Å². The van der Waals surface area contributed by atoms with Gasteiger partial charge in [0.05, 0.1) is 0 Å². The second kappa shape index (κ2) is 6.68. The predicted octanol–water partition coefficient (Wildman–Crippen LogP) is 4.42. The summed E-state index contributed by atoms with van der Waals surface area (Å²) in [5, 5.41) is 3.87. The lowest BCUT2D eigenvalue weighted by atomic mass is 10.2. The number of hydrogen-bond acceptors (Lipinski definition) is 4. The van der Waals surface area contributed by atoms with E-state index < -0.39 is 0 Å². The van der Waals surface area contributed by atoms with E-state index in [0.717, 1.165) is 14.2 Å². The van der Waals surface area contributed by atoms with Crippen LogP contribution in [0.5, 0.6) is 0 Å². The third kappa shape index (κ3) is 4.33. The number of benzene rings is 2. The van der Waals surface area contributed by atoms with Crippen molar-refractivity contribution >= 4 is 27.9 Å². The Morgan fingerprint density at radius 2 is 1.16 bits per heavy atom. The molecule has 0 spiro atoms. The average Bonchev–Trinajstić information content (AvgIpc) is 2.43. The maximum Gasteiger partial charge on any atom is 0.159 e. The molecule has 0 amide bonds. The lowest BCUT2D eigenvalue weighted by Gasteiger charge is -2.05. The first-order chi connectivity index (χ1) is 9.17. The second-order valence-electron chi connectivity index (χ2n) is 4.23. The predicted molar refractivity (Wildman–Crippen MR) is 85.7 cm³/mol. The van der Waals surface area contributed by atoms with Crippen molar-refractivity contribution in [3.8, 4) is 0 Å². The van der Waals surface area contributed by atoms with E-state index in [1.807, 2.05) is 0 Å². The zero-order valence-electron chi connectivity index (χ0n) is 11.0. The fraction of sp³-hybridized carbons (Fsp3) is 0.133. The molecule has 0 heterocycles. The van der Waals surface area contributed by atoms with Gasteiger partial charge < -0.3 is 5.84 Å². The SMILES string of the molecule is Cc1ccc(SC(=NN)Sc2ccc(C)cc2)cc1. The van der Waals surface area contributed by atoms with Crippen molar-refractivity contribution < 1.29 is 0 Å². The number of nitrogens with two attached hydrogens (primary N) is 1. The Morgan fingerprint density at radius 3 is 1.47 bits per heavy atom. The summed E-state index contributed by atoms with van der Waals surface area (Å²) in [5.74, 6) is 5.47. The lowest BCUT2D eigenvalue weighted by Crippen LogP contribution is -1.92. The molecule has 19 heavy (non-hydrogen) atoms. The van der Waals surface area contributed by atoms with Gasteiger partial charge in [0.25, 0.3) is 0 Å². The molecule has 0 saturated carbocycles. The minimum Gasteiger partial charge on any atom is -0.322 e. The van der Waals surface area contributed by atoms with E-state index >= 15 is 0 Å². The first-order valence-electron chi connectivity index (χ1n) is 5.94. The molecule has 2 aromatic rings. The Labute approximate surface area is 122 Å². The first kappa shape index (κ1) is 14.0. The number of nitrogens with zero attached hydrogens (tertiary/aromatic N) is 1. The van der Waals surface area contributed by atoms with Gasteiger partial charge in [-0.1, -0.05) is 58.9 Å². The first-order valence-corrected chi connectivity index (χ1v) is 7.57. The van der Waals surface area contributed by atoms with Crippen molar-refractivity contribution in [2.45, 2.75) is 23.6 Å². The highest BCUT2D eigenvalue weighted by Gasteiger charge is 2.05. The number of rotatable bonds is 2. The summed E-state index contributed by atoms with van der Waals surface area (Å²) in [4.78, 5) is 2.30. The van der Waals surface area contributed by atoms with Gasteiger partial charge in [0, 0.05) is 9.79 Å². The minimum absolute atomic E-state index is 0.840. The quantitative estimate of drug-likeness (QED) is 0.292. The highest BCUT2D eigenvalue weighted by Crippen LogP contribution is 2.30. The van der Waals surface area contributed by atoms with Crippen LogP contribution in [-0.4, -0.2) is 4.38 Å². The summed E-state index contributed by atoms with van der Waals surface area (Å²) >= 11 is 3.17. The molecule has 0 unspecified atom stereocenters. The van der Waals surface area contributed by atoms with Crippen LogP contribution in [0.2, 0.25) is 0 Å². The van der Waals surface area contributed by atoms with Gasteiger partial charge in [0.15, 0.2) is 4.38 Å². The second-order valence-corrected chi connectivity index (χ2v) is 6.61. The fourth-order valence-corrected chi connectivity index (χ4v) is 3.28. The fourth-order valence-electron chi connectivity index (χ4n) is 1.49. The van der Waals surface area contributed by atoms with Crippen molar-refractivity contribution in [3.05, 3.63) is 59.7 Å². The van der Waals surface area contributed by atoms with Crippen LogP contribution in [0.25, 0.3) is 0 Å². The molecule has 0 atom stereocenters. The van der Waals surface area contributed by atoms with Crippen LogP contribution in [0.15, 0.2) is 63.4 Å². The van der Waals surface area contributed by atoms with Crippen molar-refractivity contribution in [2.75, 3.05) is 0 Å². The third-order valence-electron chi connectivity index (χ3n) is 2.56. The van der Waals surface area contributed by atoms with Gasteiger partial charge in [-0.2, -0.15) is 5.10 Å². The molecule has 98 valence electrons. The maximum atomic E-state index is 5.47. The summed E-state index contributed by atoms with van der Waals surface area (Å²) in [7, 11) is 0. The molecule has 0 aliphatic rings. The Kier molecular flexibility index (Phi) is 4.93. The molecule has 2 rings (SSSR count). The molecule has 0 aliphatic carbocycles. The van der Waals surface area contributed by atoms with Gasteiger partial charge in [-0.15, -0.1) is 0 Å². The summed E-state index contributed by atoms with van der Waals surface area (Å²) in [6.45, 7) is 4.15. The summed E-state index contributed by atoms with van der Waals surface area (Å²) < 4.78 is 0.840. The van der Waals surface area contributed by atoms with Gasteiger partial charge in [-0.3, -0.25) is 0 Å². The van der Waals surface area contributed by atoms with Gasteiger partial charge in [0.1, 0.15) is 0 Å². The Bertz CT molecular complexity index is 510. The van der Waals surface area contributed by atoms with E-state index in [0.29, 0.717) is 0 Å². The van der Waals surface area contributed by atoms with Crippen LogP contribution >= 0.6 is 23.5 Å². The largest absolute Gasteiger partial charge is 0.322 e. The molecule has 0 radical (unpaired) electrons. The zero-order valence-corrected chi connectivity index (χ0v) is 12.6. The molecule has 4 heteroatoms. The summed E-state index contributed by atoms with van der Waals surface area (Å²) in [6, 6.07) is 16.7. The number of aryl methyl sites for hydroxylation is 2. The molecule has 2 N–H and O–H groups in total. The van der Waals surface area contributed by atoms with E-state index in [1.54, 1.807) is 23.5 Å². The van der Waals surface area contributed by atoms with E-state index in [1.165, 1.54) is 11.1 Å². The van der Waals surface area contributed by atoms with Gasteiger partial charge in [0.2, 0.25) is 0 Å². The van der Waals surface area contributed by atoms with Crippen LogP contribution in [0.3, 0.4) is 0 Å². The topological polar surface area (TPSA) is 38.4 Å². The highest BCUT2D eigenvalue weighted by molar-refractivity contribution is 8.38. The summed E-state index contributed by atoms with van der Waals surface area (Å²) in [6.07, 6.45) is 0. The molecule has 0 saturated heterocycles. The van der Waals surface area contributed by atoms with Crippen molar-refractivity contribution in [2.24, 2.45) is 10.9 Å². The van der Waals surface area contributed by atoms with Gasteiger partial charge in [-0.05, 0) is 38.1 Å². The van der Waals surface area contributed by atoms with Crippen molar-refractivity contribution in [1.29, 1.82) is 0 Å². The monoisotopic (exact) mass is 288 g/mol. The third-order valence-corrected chi connectivity index (χ3v) is 4.63. The molecule has 2 aromatic carbocycles. The zero-order chi connectivity index (χ0) is 13.7. The minimum atomic E-state index is 0.840. The standard InChI is InChI=1S/C15H16N2S2/c1-11-3-7-13(8-4-11)18-15(17-16)19-14-9-5-12(2)6-10-14/h3-10H,16H2,1-2H3. The number of hydrazone groups is 1. The molecule has 0 bridgehead atoms. The Balaban J connectivity index is 2.05. The van der Waals surface area contributed by atoms with Crippen LogP contribution < -0.4 is 5.84 Å². The highest BCUT2D eigenvalue weighted by atomic mass is 32.2. The van der Waals surface area contributed by atoms with E-state index in [2.05, 4.69) is 67.5 Å². The average molecular weight is 288 g/mol. The smallest absolute Gasteiger partial charge is 0.159 e. The number of hydrogen-bond donors (Lipinski definition) is 1. The Morgan fingerprint density at radius 1 is 0.789 bits per heavy atom. The number of thioether (sulfide) groups is 2. The molecule has 2 nitrogen and oxygen atoms in total. The Hall–Kier alpha value is -1.39. The molecular weight excluding hydrogens is 272 g/mol. The van der Waals surface area contributed by atoms with Gasteiger partial charge in [-0.25, -0.2) is 0 Å². The lowest BCUT2D eigenvalue weighted by molar-refractivity contribution is 1.27. The molecular formula is C15H16N2S2. The molecule has 0 aliphatic heterocycles. The van der Waals surface area contributed by atoms with Crippen LogP contribution in [-0.2, 0) is 0 Å².